The number of nitrogens with one attached hydrogen (secondary N) is 1. The zero-order valence-electron chi connectivity index (χ0n) is 10.9. The van der Waals surface area contributed by atoms with Gasteiger partial charge in [0.05, 0.1) is 5.56 Å². The van der Waals surface area contributed by atoms with Gasteiger partial charge < -0.3 is 10.4 Å². The van der Waals surface area contributed by atoms with Crippen molar-refractivity contribution < 1.29 is 9.90 Å². The fourth-order valence-electron chi connectivity index (χ4n) is 1.99. The number of benzene rings is 2. The quantitative estimate of drug-likeness (QED) is 0.861. The first kappa shape index (κ1) is 13.1. The lowest BCUT2D eigenvalue weighted by molar-refractivity contribution is 0.0697. The number of aromatic carboxylic acids is 1. The van der Waals surface area contributed by atoms with Crippen LogP contribution in [0.15, 0.2) is 48.5 Å². The maximum absolute atomic E-state index is 10.9. The molecule has 0 aliphatic heterocycles. The molecule has 0 heterocycles. The van der Waals surface area contributed by atoms with Crippen LogP contribution >= 0.6 is 0 Å². The molecule has 98 valence electrons. The molecule has 2 aromatic rings. The summed E-state index contributed by atoms with van der Waals surface area (Å²) < 4.78 is 0. The Hall–Kier alpha value is -2.29. The number of hydrogen-bond acceptors (Lipinski definition) is 2. The minimum Gasteiger partial charge on any atom is -0.478 e. The number of carbonyl (C=O) groups is 1. The number of aryl methyl sites for hydroxylation is 1. The SMILES string of the molecule is Cc1ccccc1CCNc1cccc(C(=O)O)c1. The second kappa shape index (κ2) is 6.05. The molecule has 2 aromatic carbocycles. The first-order valence-electron chi connectivity index (χ1n) is 6.28. The lowest BCUT2D eigenvalue weighted by atomic mass is 10.1. The van der Waals surface area contributed by atoms with Crippen molar-refractivity contribution in [3.63, 3.8) is 0 Å². The van der Waals surface area contributed by atoms with E-state index in [1.165, 1.54) is 11.1 Å². The summed E-state index contributed by atoms with van der Waals surface area (Å²) >= 11 is 0. The van der Waals surface area contributed by atoms with Crippen LogP contribution in [0, 0.1) is 6.92 Å². The molecule has 3 nitrogen and oxygen atoms in total. The predicted octanol–water partition coefficient (Wildman–Crippen LogP) is 3.35. The van der Waals surface area contributed by atoms with Gasteiger partial charge in [-0.2, -0.15) is 0 Å². The maximum atomic E-state index is 10.9. The molecule has 3 heteroatoms. The van der Waals surface area contributed by atoms with Crippen LogP contribution in [-0.2, 0) is 6.42 Å². The van der Waals surface area contributed by atoms with Crippen molar-refractivity contribution in [2.45, 2.75) is 13.3 Å². The lowest BCUT2D eigenvalue weighted by Gasteiger charge is -2.09. The average Bonchev–Trinajstić information content (AvgIpc) is 2.41. The minimum atomic E-state index is -0.900. The molecule has 0 radical (unpaired) electrons. The van der Waals surface area contributed by atoms with Crippen molar-refractivity contribution in [2.24, 2.45) is 0 Å². The number of hydrogen-bond donors (Lipinski definition) is 2. The highest BCUT2D eigenvalue weighted by Crippen LogP contribution is 2.12. The van der Waals surface area contributed by atoms with Crippen LogP contribution in [0.1, 0.15) is 21.5 Å². The molecule has 0 aliphatic carbocycles. The molecule has 0 atom stereocenters. The summed E-state index contributed by atoms with van der Waals surface area (Å²) in [7, 11) is 0. The van der Waals surface area contributed by atoms with Gasteiger partial charge in [-0.3, -0.25) is 0 Å². The Labute approximate surface area is 112 Å². The van der Waals surface area contributed by atoms with Crippen LogP contribution in [0.3, 0.4) is 0 Å². The third kappa shape index (κ3) is 3.58. The number of rotatable bonds is 5. The first-order valence-corrected chi connectivity index (χ1v) is 6.28. The Kier molecular flexibility index (Phi) is 4.18. The molecule has 0 bridgehead atoms. The Morgan fingerprint density at radius 3 is 2.68 bits per heavy atom. The summed E-state index contributed by atoms with van der Waals surface area (Å²) in [5.74, 6) is -0.900. The summed E-state index contributed by atoms with van der Waals surface area (Å²) in [6, 6.07) is 15.2. The minimum absolute atomic E-state index is 0.306. The summed E-state index contributed by atoms with van der Waals surface area (Å²) in [6.07, 6.45) is 0.921. The third-order valence-corrected chi connectivity index (χ3v) is 3.09. The highest BCUT2D eigenvalue weighted by Gasteiger charge is 2.03. The Morgan fingerprint density at radius 2 is 1.95 bits per heavy atom. The van der Waals surface area contributed by atoms with Gasteiger partial charge in [-0.05, 0) is 42.7 Å². The van der Waals surface area contributed by atoms with Crippen molar-refractivity contribution in [3.8, 4) is 0 Å². The first-order chi connectivity index (χ1) is 9.16. The number of carboxylic acid groups (broad SMARTS) is 1. The van der Waals surface area contributed by atoms with Gasteiger partial charge in [0, 0.05) is 12.2 Å². The predicted molar refractivity (Wildman–Crippen MR) is 76.8 cm³/mol. The van der Waals surface area contributed by atoms with Gasteiger partial charge in [0.1, 0.15) is 0 Å². The van der Waals surface area contributed by atoms with Crippen molar-refractivity contribution in [1.29, 1.82) is 0 Å². The van der Waals surface area contributed by atoms with E-state index in [-0.39, 0.29) is 0 Å². The molecule has 0 fully saturated rings. The van der Waals surface area contributed by atoms with Crippen molar-refractivity contribution in [2.75, 3.05) is 11.9 Å². The van der Waals surface area contributed by atoms with Gasteiger partial charge in [-0.25, -0.2) is 4.79 Å². The van der Waals surface area contributed by atoms with E-state index in [0.29, 0.717) is 5.56 Å². The molecule has 19 heavy (non-hydrogen) atoms. The molecular weight excluding hydrogens is 238 g/mol. The Balaban J connectivity index is 1.94. The van der Waals surface area contributed by atoms with E-state index < -0.39 is 5.97 Å². The van der Waals surface area contributed by atoms with Crippen molar-refractivity contribution in [1.82, 2.24) is 0 Å². The molecule has 0 aliphatic rings. The summed E-state index contributed by atoms with van der Waals surface area (Å²) in [5, 5.41) is 12.2. The maximum Gasteiger partial charge on any atom is 0.335 e. The largest absolute Gasteiger partial charge is 0.478 e. The van der Waals surface area contributed by atoms with E-state index in [1.54, 1.807) is 18.2 Å². The second-order valence-electron chi connectivity index (χ2n) is 4.49. The topological polar surface area (TPSA) is 49.3 Å². The van der Waals surface area contributed by atoms with Crippen LogP contribution in [0.4, 0.5) is 5.69 Å². The van der Waals surface area contributed by atoms with Crippen molar-refractivity contribution in [3.05, 3.63) is 65.2 Å². The molecule has 0 amide bonds. The Bertz CT molecular complexity index is 578. The molecule has 0 saturated heterocycles. The molecular formula is C16H17NO2. The van der Waals surface area contributed by atoms with Gasteiger partial charge >= 0.3 is 5.97 Å². The highest BCUT2D eigenvalue weighted by molar-refractivity contribution is 5.88. The van der Waals surface area contributed by atoms with E-state index in [2.05, 4.69) is 24.4 Å². The second-order valence-corrected chi connectivity index (χ2v) is 4.49. The highest BCUT2D eigenvalue weighted by atomic mass is 16.4. The summed E-state index contributed by atoms with van der Waals surface area (Å²) in [4.78, 5) is 10.9. The van der Waals surface area contributed by atoms with Crippen molar-refractivity contribution >= 4 is 11.7 Å². The standard InChI is InChI=1S/C16H17NO2/c1-12-5-2-3-6-13(12)9-10-17-15-8-4-7-14(11-15)16(18)19/h2-8,11,17H,9-10H2,1H3,(H,18,19). The monoisotopic (exact) mass is 255 g/mol. The molecule has 0 aromatic heterocycles. The van der Waals surface area contributed by atoms with Gasteiger partial charge in [-0.1, -0.05) is 30.3 Å². The number of carboxylic acids is 1. The zero-order chi connectivity index (χ0) is 13.7. The summed E-state index contributed by atoms with van der Waals surface area (Å²) in [5.41, 5.74) is 3.74. The molecule has 2 rings (SSSR count). The van der Waals surface area contributed by atoms with Gasteiger partial charge in [0.15, 0.2) is 0 Å². The molecule has 0 saturated carbocycles. The fraction of sp³-hybridized carbons (Fsp3) is 0.188. The van der Waals surface area contributed by atoms with E-state index in [1.807, 2.05) is 18.2 Å². The smallest absolute Gasteiger partial charge is 0.335 e. The van der Waals surface area contributed by atoms with E-state index >= 15 is 0 Å². The molecule has 0 spiro atoms. The Morgan fingerprint density at radius 1 is 1.16 bits per heavy atom. The molecule has 2 N–H and O–H groups in total. The normalized spacial score (nSPS) is 10.2. The van der Waals surface area contributed by atoms with Gasteiger partial charge in [0.25, 0.3) is 0 Å². The van der Waals surface area contributed by atoms with Gasteiger partial charge in [0.2, 0.25) is 0 Å². The van der Waals surface area contributed by atoms with Gasteiger partial charge in [-0.15, -0.1) is 0 Å². The van der Waals surface area contributed by atoms with Crippen LogP contribution in [-0.4, -0.2) is 17.6 Å². The molecule has 0 unspecified atom stereocenters. The number of anilines is 1. The van der Waals surface area contributed by atoms with Crippen LogP contribution in [0.5, 0.6) is 0 Å². The lowest BCUT2D eigenvalue weighted by Crippen LogP contribution is -2.06. The third-order valence-electron chi connectivity index (χ3n) is 3.09. The average molecular weight is 255 g/mol. The van der Waals surface area contributed by atoms with E-state index in [9.17, 15) is 4.79 Å². The fourth-order valence-corrected chi connectivity index (χ4v) is 1.99. The van der Waals surface area contributed by atoms with Crippen LogP contribution in [0.25, 0.3) is 0 Å². The van der Waals surface area contributed by atoms with E-state index in [0.717, 1.165) is 18.7 Å². The van der Waals surface area contributed by atoms with Crippen LogP contribution < -0.4 is 5.32 Å². The van der Waals surface area contributed by atoms with E-state index in [4.69, 9.17) is 5.11 Å². The summed E-state index contributed by atoms with van der Waals surface area (Å²) in [6.45, 7) is 2.88. The van der Waals surface area contributed by atoms with Crippen LogP contribution in [0.2, 0.25) is 0 Å². The zero-order valence-corrected chi connectivity index (χ0v) is 10.9.